The topological polar surface area (TPSA) is 49.3 Å². The summed E-state index contributed by atoms with van der Waals surface area (Å²) in [5.74, 6) is 5.28. The van der Waals surface area contributed by atoms with Gasteiger partial charge in [0.05, 0.1) is 5.56 Å². The molecule has 102 valence electrons. The number of amides is 1. The fourth-order valence-corrected chi connectivity index (χ4v) is 1.53. The highest BCUT2D eigenvalue weighted by Crippen LogP contribution is 2.13. The Bertz CT molecular complexity index is 516. The van der Waals surface area contributed by atoms with Crippen LogP contribution in [0.1, 0.15) is 42.3 Å². The van der Waals surface area contributed by atoms with E-state index in [-0.39, 0.29) is 17.9 Å². The Labute approximate surface area is 115 Å². The van der Waals surface area contributed by atoms with E-state index < -0.39 is 0 Å². The van der Waals surface area contributed by atoms with Gasteiger partial charge in [0, 0.05) is 12.1 Å². The maximum Gasteiger partial charge on any atom is 0.252 e. The lowest BCUT2D eigenvalue weighted by molar-refractivity contribution is 0.0939. The molecule has 0 saturated carbocycles. The van der Waals surface area contributed by atoms with Crippen molar-refractivity contribution in [1.29, 1.82) is 0 Å². The molecule has 0 aliphatic rings. The second-order valence-corrected chi connectivity index (χ2v) is 5.75. The third-order valence-corrected chi connectivity index (χ3v) is 2.50. The van der Waals surface area contributed by atoms with E-state index in [0.29, 0.717) is 17.7 Å². The van der Waals surface area contributed by atoms with Gasteiger partial charge in [0.15, 0.2) is 0 Å². The van der Waals surface area contributed by atoms with E-state index in [1.807, 2.05) is 19.1 Å². The lowest BCUT2D eigenvalue weighted by atomic mass is 9.96. The number of benzene rings is 1. The van der Waals surface area contributed by atoms with E-state index in [0.717, 1.165) is 5.56 Å². The molecule has 3 nitrogen and oxygen atoms in total. The van der Waals surface area contributed by atoms with Gasteiger partial charge < -0.3 is 10.4 Å². The second kappa shape index (κ2) is 6.40. The highest BCUT2D eigenvalue weighted by molar-refractivity contribution is 5.96. The quantitative estimate of drug-likeness (QED) is 0.799. The number of rotatable bonds is 2. The molecular formula is C16H21NO2. The molecule has 0 atom stereocenters. The predicted octanol–water partition coefficient (Wildman–Crippen LogP) is 2.11. The molecule has 0 radical (unpaired) electrons. The van der Waals surface area contributed by atoms with Crippen molar-refractivity contribution in [1.82, 2.24) is 5.32 Å². The molecule has 0 saturated heterocycles. The molecule has 3 heteroatoms. The lowest BCUT2D eigenvalue weighted by Crippen LogP contribution is -2.32. The molecule has 0 aliphatic heterocycles. The molecule has 0 aliphatic carbocycles. The number of nitrogens with one attached hydrogen (secondary N) is 1. The van der Waals surface area contributed by atoms with E-state index in [1.165, 1.54) is 0 Å². The molecule has 0 unspecified atom stereocenters. The first kappa shape index (κ1) is 15.3. The van der Waals surface area contributed by atoms with Crippen molar-refractivity contribution >= 4 is 5.91 Å². The first-order valence-corrected chi connectivity index (χ1v) is 6.32. The molecule has 0 heterocycles. The van der Waals surface area contributed by atoms with Crippen molar-refractivity contribution in [2.45, 2.75) is 27.7 Å². The van der Waals surface area contributed by atoms with Crippen molar-refractivity contribution in [3.8, 4) is 11.8 Å². The summed E-state index contributed by atoms with van der Waals surface area (Å²) in [4.78, 5) is 12.1. The van der Waals surface area contributed by atoms with Gasteiger partial charge in [-0.2, -0.15) is 0 Å². The van der Waals surface area contributed by atoms with Gasteiger partial charge in [-0.1, -0.05) is 38.7 Å². The summed E-state index contributed by atoms with van der Waals surface area (Å²) in [5.41, 5.74) is 2.28. The van der Waals surface area contributed by atoms with Crippen LogP contribution in [0.5, 0.6) is 0 Å². The Morgan fingerprint density at radius 2 is 2.05 bits per heavy atom. The highest BCUT2D eigenvalue weighted by atomic mass is 16.2. The molecule has 1 aromatic rings. The second-order valence-electron chi connectivity index (χ2n) is 5.75. The van der Waals surface area contributed by atoms with Crippen LogP contribution in [0.2, 0.25) is 0 Å². The Morgan fingerprint density at radius 3 is 2.63 bits per heavy atom. The summed E-state index contributed by atoms with van der Waals surface area (Å²) >= 11 is 0. The average molecular weight is 259 g/mol. The van der Waals surface area contributed by atoms with E-state index in [4.69, 9.17) is 5.11 Å². The van der Waals surface area contributed by atoms with Crippen LogP contribution in [0.25, 0.3) is 0 Å². The molecule has 0 spiro atoms. The van der Waals surface area contributed by atoms with Gasteiger partial charge in [0.25, 0.3) is 5.91 Å². The van der Waals surface area contributed by atoms with Crippen LogP contribution >= 0.6 is 0 Å². The minimum absolute atomic E-state index is 0.0390. The summed E-state index contributed by atoms with van der Waals surface area (Å²) in [5, 5.41) is 11.7. The zero-order valence-electron chi connectivity index (χ0n) is 12.0. The number of aliphatic hydroxyl groups is 1. The predicted molar refractivity (Wildman–Crippen MR) is 76.9 cm³/mol. The normalized spacial score (nSPS) is 10.6. The standard InChI is InChI=1S/C16H21NO2/c1-12-7-8-14(13(10-12)6-5-9-18)15(19)17-11-16(2,3)4/h7-8,10,18H,9,11H2,1-4H3,(H,17,19). The molecule has 0 aromatic heterocycles. The molecule has 1 aromatic carbocycles. The van der Waals surface area contributed by atoms with Gasteiger partial charge in [-0.3, -0.25) is 4.79 Å². The van der Waals surface area contributed by atoms with Crippen molar-refractivity contribution in [2.24, 2.45) is 5.41 Å². The van der Waals surface area contributed by atoms with E-state index in [2.05, 4.69) is 37.9 Å². The zero-order chi connectivity index (χ0) is 14.5. The Hall–Kier alpha value is -1.79. The van der Waals surface area contributed by atoms with Crippen LogP contribution in [0.3, 0.4) is 0 Å². The highest BCUT2D eigenvalue weighted by Gasteiger charge is 2.15. The Balaban J connectivity index is 2.96. The number of aryl methyl sites for hydroxylation is 1. The van der Waals surface area contributed by atoms with Crippen molar-refractivity contribution in [3.63, 3.8) is 0 Å². The minimum atomic E-state index is -0.211. The summed E-state index contributed by atoms with van der Waals surface area (Å²) in [6.45, 7) is 8.53. The monoisotopic (exact) mass is 259 g/mol. The van der Waals surface area contributed by atoms with Crippen LogP contribution in [-0.2, 0) is 0 Å². The van der Waals surface area contributed by atoms with Crippen LogP contribution in [0.4, 0.5) is 0 Å². The number of aliphatic hydroxyl groups excluding tert-OH is 1. The van der Waals surface area contributed by atoms with Crippen LogP contribution in [-0.4, -0.2) is 24.2 Å². The van der Waals surface area contributed by atoms with Crippen LogP contribution in [0.15, 0.2) is 18.2 Å². The van der Waals surface area contributed by atoms with Gasteiger partial charge in [0.2, 0.25) is 0 Å². The van der Waals surface area contributed by atoms with Gasteiger partial charge >= 0.3 is 0 Å². The van der Waals surface area contributed by atoms with Gasteiger partial charge in [-0.05, 0) is 30.0 Å². The van der Waals surface area contributed by atoms with Crippen LogP contribution in [0, 0.1) is 24.2 Å². The number of carbonyl (C=O) groups excluding carboxylic acids is 1. The fourth-order valence-electron chi connectivity index (χ4n) is 1.53. The molecule has 2 N–H and O–H groups in total. The van der Waals surface area contributed by atoms with Crippen molar-refractivity contribution in [3.05, 3.63) is 34.9 Å². The molecule has 1 amide bonds. The molecular weight excluding hydrogens is 238 g/mol. The Morgan fingerprint density at radius 1 is 1.37 bits per heavy atom. The van der Waals surface area contributed by atoms with Crippen LogP contribution < -0.4 is 5.32 Å². The average Bonchev–Trinajstić information content (AvgIpc) is 2.32. The maximum atomic E-state index is 12.1. The zero-order valence-corrected chi connectivity index (χ0v) is 12.0. The third kappa shape index (κ3) is 5.15. The smallest absolute Gasteiger partial charge is 0.252 e. The number of hydrogen-bond donors (Lipinski definition) is 2. The molecule has 0 fully saturated rings. The SMILES string of the molecule is Cc1ccc(C(=O)NCC(C)(C)C)c(C#CCO)c1. The van der Waals surface area contributed by atoms with Gasteiger partial charge in [0.1, 0.15) is 6.61 Å². The summed E-state index contributed by atoms with van der Waals surface area (Å²) in [6, 6.07) is 5.51. The minimum Gasteiger partial charge on any atom is -0.384 e. The first-order chi connectivity index (χ1) is 8.83. The van der Waals surface area contributed by atoms with E-state index >= 15 is 0 Å². The van der Waals surface area contributed by atoms with E-state index in [9.17, 15) is 4.79 Å². The molecule has 19 heavy (non-hydrogen) atoms. The third-order valence-electron chi connectivity index (χ3n) is 2.50. The first-order valence-electron chi connectivity index (χ1n) is 6.32. The summed E-state index contributed by atoms with van der Waals surface area (Å²) in [6.07, 6.45) is 0. The van der Waals surface area contributed by atoms with Gasteiger partial charge in [-0.25, -0.2) is 0 Å². The van der Waals surface area contributed by atoms with Crippen molar-refractivity contribution < 1.29 is 9.90 Å². The molecule has 0 bridgehead atoms. The number of carbonyl (C=O) groups is 1. The maximum absolute atomic E-state index is 12.1. The largest absolute Gasteiger partial charge is 0.384 e. The molecule has 1 rings (SSSR count). The van der Waals surface area contributed by atoms with Crippen molar-refractivity contribution in [2.75, 3.05) is 13.2 Å². The lowest BCUT2D eigenvalue weighted by Gasteiger charge is -2.19. The fraction of sp³-hybridized carbons (Fsp3) is 0.438. The number of hydrogen-bond acceptors (Lipinski definition) is 2. The summed E-state index contributed by atoms with van der Waals surface area (Å²) < 4.78 is 0. The Kier molecular flexibility index (Phi) is 5.14. The van der Waals surface area contributed by atoms with Gasteiger partial charge in [-0.15, -0.1) is 0 Å². The summed E-state index contributed by atoms with van der Waals surface area (Å²) in [7, 11) is 0. The van der Waals surface area contributed by atoms with E-state index in [1.54, 1.807) is 6.07 Å².